The predicted molar refractivity (Wildman–Crippen MR) is 79.4 cm³/mol. The van der Waals surface area contributed by atoms with Gasteiger partial charge in [-0.05, 0) is 37.1 Å². The van der Waals surface area contributed by atoms with Gasteiger partial charge in [0.1, 0.15) is 0 Å². The molecule has 6 heteroatoms. The largest absolute Gasteiger partial charge is 0.396 e. The van der Waals surface area contributed by atoms with Gasteiger partial charge in [-0.25, -0.2) is 13.1 Å². The van der Waals surface area contributed by atoms with Crippen LogP contribution in [-0.4, -0.2) is 26.7 Å². The number of sulfonamides is 1. The maximum Gasteiger partial charge on any atom is 0.240 e. The van der Waals surface area contributed by atoms with Crippen molar-refractivity contribution in [2.45, 2.75) is 31.6 Å². The molecular weight excluding hydrogens is 330 g/mol. The Kier molecular flexibility index (Phi) is 5.98. The monoisotopic (exact) mass is 349 g/mol. The average molecular weight is 350 g/mol. The van der Waals surface area contributed by atoms with Crippen molar-refractivity contribution in [1.29, 1.82) is 0 Å². The lowest BCUT2D eigenvalue weighted by atomic mass is 9.84. The minimum Gasteiger partial charge on any atom is -0.396 e. The van der Waals surface area contributed by atoms with Crippen molar-refractivity contribution < 1.29 is 13.5 Å². The molecule has 0 aliphatic carbocycles. The van der Waals surface area contributed by atoms with Crippen LogP contribution in [0.4, 0.5) is 0 Å². The molecule has 0 aromatic heterocycles. The number of rotatable bonds is 7. The summed E-state index contributed by atoms with van der Waals surface area (Å²) in [4.78, 5) is 0.231. The van der Waals surface area contributed by atoms with E-state index in [1.54, 1.807) is 24.3 Å². The number of aliphatic hydroxyl groups is 1. The molecule has 1 aromatic carbocycles. The number of halogens is 1. The Morgan fingerprint density at radius 2 is 1.74 bits per heavy atom. The standard InChI is InChI=1S/C13H20BrNO3S/c1-3-13(4-2,10-16)9-15-19(17,18)12-7-5-11(14)6-8-12/h5-8,15-16H,3-4,9-10H2,1-2H3. The van der Waals surface area contributed by atoms with Gasteiger partial charge in [-0.1, -0.05) is 29.8 Å². The van der Waals surface area contributed by atoms with Crippen LogP contribution >= 0.6 is 15.9 Å². The maximum absolute atomic E-state index is 12.1. The van der Waals surface area contributed by atoms with Crippen molar-refractivity contribution in [3.63, 3.8) is 0 Å². The van der Waals surface area contributed by atoms with Crippen LogP contribution in [0.15, 0.2) is 33.6 Å². The minimum absolute atomic E-state index is 0.0249. The molecule has 108 valence electrons. The van der Waals surface area contributed by atoms with Gasteiger partial charge in [0.2, 0.25) is 10.0 Å². The maximum atomic E-state index is 12.1. The van der Waals surface area contributed by atoms with Crippen LogP contribution in [0.5, 0.6) is 0 Å². The summed E-state index contributed by atoms with van der Waals surface area (Å²) in [7, 11) is -3.52. The molecule has 0 saturated heterocycles. The van der Waals surface area contributed by atoms with Crippen molar-refractivity contribution >= 4 is 26.0 Å². The lowest BCUT2D eigenvalue weighted by molar-refractivity contribution is 0.119. The normalized spacial score (nSPS) is 12.6. The summed E-state index contributed by atoms with van der Waals surface area (Å²) in [6.45, 7) is 4.12. The fourth-order valence-corrected chi connectivity index (χ4v) is 3.15. The quantitative estimate of drug-likeness (QED) is 0.794. The summed E-state index contributed by atoms with van der Waals surface area (Å²) in [6, 6.07) is 6.47. The van der Waals surface area contributed by atoms with Gasteiger partial charge in [-0.3, -0.25) is 0 Å². The number of benzene rings is 1. The van der Waals surface area contributed by atoms with E-state index in [0.29, 0.717) is 0 Å². The van der Waals surface area contributed by atoms with Crippen molar-refractivity contribution in [3.8, 4) is 0 Å². The highest BCUT2D eigenvalue weighted by Gasteiger charge is 2.27. The lowest BCUT2D eigenvalue weighted by Crippen LogP contribution is -2.39. The SMILES string of the molecule is CCC(CC)(CO)CNS(=O)(=O)c1ccc(Br)cc1. The Morgan fingerprint density at radius 1 is 1.21 bits per heavy atom. The number of hydrogen-bond donors (Lipinski definition) is 2. The van der Waals surface area contributed by atoms with Gasteiger partial charge >= 0.3 is 0 Å². The summed E-state index contributed by atoms with van der Waals surface area (Å²) < 4.78 is 27.7. The highest BCUT2D eigenvalue weighted by Crippen LogP contribution is 2.25. The van der Waals surface area contributed by atoms with E-state index in [2.05, 4.69) is 20.7 Å². The van der Waals surface area contributed by atoms with Gasteiger partial charge in [0, 0.05) is 23.0 Å². The first-order valence-electron chi connectivity index (χ1n) is 6.25. The van der Waals surface area contributed by atoms with E-state index in [1.807, 2.05) is 13.8 Å². The minimum atomic E-state index is -3.52. The highest BCUT2D eigenvalue weighted by molar-refractivity contribution is 9.10. The van der Waals surface area contributed by atoms with Crippen LogP contribution in [-0.2, 0) is 10.0 Å². The van der Waals surface area contributed by atoms with E-state index in [9.17, 15) is 13.5 Å². The highest BCUT2D eigenvalue weighted by atomic mass is 79.9. The Hall–Kier alpha value is -0.430. The van der Waals surface area contributed by atoms with E-state index in [-0.39, 0.29) is 23.5 Å². The Morgan fingerprint density at radius 3 is 2.16 bits per heavy atom. The molecule has 0 radical (unpaired) electrons. The second-order valence-corrected chi connectivity index (χ2v) is 7.33. The van der Waals surface area contributed by atoms with Gasteiger partial charge < -0.3 is 5.11 Å². The molecule has 0 fully saturated rings. The van der Waals surface area contributed by atoms with E-state index in [4.69, 9.17) is 0 Å². The fraction of sp³-hybridized carbons (Fsp3) is 0.538. The predicted octanol–water partition coefficient (Wildman–Crippen LogP) is 2.53. The molecule has 1 rings (SSSR count). The summed E-state index contributed by atoms with van der Waals surface area (Å²) in [5.74, 6) is 0. The van der Waals surface area contributed by atoms with Crippen molar-refractivity contribution in [1.82, 2.24) is 4.72 Å². The third kappa shape index (κ3) is 4.27. The first kappa shape index (κ1) is 16.6. The number of aliphatic hydroxyl groups excluding tert-OH is 1. The molecule has 0 unspecified atom stereocenters. The summed E-state index contributed by atoms with van der Waals surface area (Å²) in [5.41, 5.74) is -0.386. The van der Waals surface area contributed by atoms with E-state index >= 15 is 0 Å². The van der Waals surface area contributed by atoms with Crippen LogP contribution in [0.1, 0.15) is 26.7 Å². The van der Waals surface area contributed by atoms with Gasteiger partial charge in [-0.2, -0.15) is 0 Å². The van der Waals surface area contributed by atoms with Crippen LogP contribution in [0, 0.1) is 5.41 Å². The molecule has 0 spiro atoms. The fourth-order valence-electron chi connectivity index (χ4n) is 1.72. The van der Waals surface area contributed by atoms with Crippen molar-refractivity contribution in [3.05, 3.63) is 28.7 Å². The molecule has 0 aliphatic heterocycles. The van der Waals surface area contributed by atoms with Crippen molar-refractivity contribution in [2.24, 2.45) is 5.41 Å². The topological polar surface area (TPSA) is 66.4 Å². The van der Waals surface area contributed by atoms with Crippen LogP contribution < -0.4 is 4.72 Å². The molecule has 4 nitrogen and oxygen atoms in total. The Bertz CT molecular complexity index is 487. The summed E-state index contributed by atoms with van der Waals surface area (Å²) >= 11 is 3.27. The molecule has 0 atom stereocenters. The smallest absolute Gasteiger partial charge is 0.240 e. The zero-order valence-corrected chi connectivity index (χ0v) is 13.6. The molecule has 2 N–H and O–H groups in total. The first-order valence-corrected chi connectivity index (χ1v) is 8.53. The number of hydrogen-bond acceptors (Lipinski definition) is 3. The van der Waals surface area contributed by atoms with Gasteiger partial charge in [-0.15, -0.1) is 0 Å². The molecular formula is C13H20BrNO3S. The lowest BCUT2D eigenvalue weighted by Gasteiger charge is -2.29. The Labute approximate surface area is 123 Å². The molecule has 0 heterocycles. The zero-order valence-electron chi connectivity index (χ0n) is 11.2. The van der Waals surface area contributed by atoms with Crippen molar-refractivity contribution in [2.75, 3.05) is 13.2 Å². The molecule has 19 heavy (non-hydrogen) atoms. The second-order valence-electron chi connectivity index (χ2n) is 4.64. The average Bonchev–Trinajstić information content (AvgIpc) is 2.41. The summed E-state index contributed by atoms with van der Waals surface area (Å²) in [6.07, 6.45) is 1.45. The van der Waals surface area contributed by atoms with E-state index in [1.165, 1.54) is 0 Å². The molecule has 0 amide bonds. The van der Waals surface area contributed by atoms with Crippen LogP contribution in [0.25, 0.3) is 0 Å². The third-order valence-corrected chi connectivity index (χ3v) is 5.54. The zero-order chi connectivity index (χ0) is 14.5. The van der Waals surface area contributed by atoms with Gasteiger partial charge in [0.25, 0.3) is 0 Å². The van der Waals surface area contributed by atoms with Gasteiger partial charge in [0.15, 0.2) is 0 Å². The summed E-state index contributed by atoms with van der Waals surface area (Å²) in [5, 5.41) is 9.44. The molecule has 0 aliphatic rings. The third-order valence-electron chi connectivity index (χ3n) is 3.60. The van der Waals surface area contributed by atoms with E-state index in [0.717, 1.165) is 17.3 Å². The van der Waals surface area contributed by atoms with Gasteiger partial charge in [0.05, 0.1) is 4.90 Å². The number of nitrogens with one attached hydrogen (secondary N) is 1. The molecule has 1 aromatic rings. The second kappa shape index (κ2) is 6.83. The van der Waals surface area contributed by atoms with Crippen LogP contribution in [0.3, 0.4) is 0 Å². The Balaban J connectivity index is 2.83. The first-order chi connectivity index (χ1) is 8.89. The van der Waals surface area contributed by atoms with Crippen LogP contribution in [0.2, 0.25) is 0 Å². The van der Waals surface area contributed by atoms with E-state index < -0.39 is 10.0 Å². The molecule has 0 bridgehead atoms. The molecule has 0 saturated carbocycles.